The van der Waals surface area contributed by atoms with E-state index in [1.165, 1.54) is 0 Å². The van der Waals surface area contributed by atoms with Crippen molar-refractivity contribution in [2.45, 2.75) is 25.7 Å². The zero-order valence-corrected chi connectivity index (χ0v) is 13.2. The smallest absolute Gasteiger partial charge is 0.230 e. The summed E-state index contributed by atoms with van der Waals surface area (Å²) in [5.41, 5.74) is 2.63. The van der Waals surface area contributed by atoms with Gasteiger partial charge in [0.05, 0.1) is 13.7 Å². The number of ketones is 2. The van der Waals surface area contributed by atoms with Crippen LogP contribution in [0.25, 0.3) is 0 Å². The van der Waals surface area contributed by atoms with E-state index in [-0.39, 0.29) is 6.54 Å². The minimum absolute atomic E-state index is 0.0764. The number of methoxy groups -OCH3 is 1. The van der Waals surface area contributed by atoms with E-state index in [0.717, 1.165) is 37.0 Å². The second kappa shape index (κ2) is 6.77. The molecule has 0 unspecified atom stereocenters. The van der Waals surface area contributed by atoms with Crippen LogP contribution in [0.5, 0.6) is 0 Å². The third-order valence-electron chi connectivity index (χ3n) is 4.28. The van der Waals surface area contributed by atoms with Crippen LogP contribution in [0, 0.1) is 0 Å². The summed E-state index contributed by atoms with van der Waals surface area (Å²) in [4.78, 5) is 30.9. The molecule has 1 aromatic rings. The normalized spacial score (nSPS) is 17.4. The van der Waals surface area contributed by atoms with Crippen molar-refractivity contribution in [2.24, 2.45) is 4.99 Å². The molecule has 23 heavy (non-hydrogen) atoms. The molecule has 5 nitrogen and oxygen atoms in total. The quantitative estimate of drug-likeness (QED) is 0.633. The summed E-state index contributed by atoms with van der Waals surface area (Å²) in [5, 5.41) is 0. The molecule has 0 spiro atoms. The van der Waals surface area contributed by atoms with Gasteiger partial charge in [0.15, 0.2) is 0 Å². The number of ether oxygens (including phenoxy) is 1. The van der Waals surface area contributed by atoms with Crippen LogP contribution in [0.4, 0.5) is 0 Å². The highest BCUT2D eigenvalue weighted by Gasteiger charge is 2.28. The predicted octanol–water partition coefficient (Wildman–Crippen LogP) is 2.58. The lowest BCUT2D eigenvalue weighted by atomic mass is 9.94. The molecule has 0 bridgehead atoms. The van der Waals surface area contributed by atoms with Gasteiger partial charge < -0.3 is 9.64 Å². The van der Waals surface area contributed by atoms with E-state index in [2.05, 4.69) is 4.99 Å². The number of hydrogen-bond donors (Lipinski definition) is 0. The van der Waals surface area contributed by atoms with Gasteiger partial charge in [-0.05, 0) is 25.7 Å². The van der Waals surface area contributed by atoms with Crippen molar-refractivity contribution in [3.05, 3.63) is 47.2 Å². The van der Waals surface area contributed by atoms with E-state index in [1.54, 1.807) is 31.4 Å². The molecule has 1 heterocycles. The average molecular weight is 312 g/mol. The molecule has 0 aromatic heterocycles. The Morgan fingerprint density at radius 1 is 1.17 bits per heavy atom. The third kappa shape index (κ3) is 3.18. The summed E-state index contributed by atoms with van der Waals surface area (Å²) in [6, 6.07) is 8.69. The third-order valence-corrected chi connectivity index (χ3v) is 4.28. The van der Waals surface area contributed by atoms with Crippen LogP contribution in [0.3, 0.4) is 0 Å². The predicted molar refractivity (Wildman–Crippen MR) is 87.3 cm³/mol. The van der Waals surface area contributed by atoms with Gasteiger partial charge in [0.1, 0.15) is 6.67 Å². The fraction of sp³-hybridized carbons (Fsp3) is 0.389. The molecule has 0 radical (unpaired) electrons. The van der Waals surface area contributed by atoms with E-state index in [0.29, 0.717) is 18.1 Å². The Morgan fingerprint density at radius 2 is 1.91 bits per heavy atom. The van der Waals surface area contributed by atoms with Crippen LogP contribution < -0.4 is 0 Å². The fourth-order valence-corrected chi connectivity index (χ4v) is 3.13. The van der Waals surface area contributed by atoms with E-state index in [1.807, 2.05) is 11.0 Å². The van der Waals surface area contributed by atoms with Crippen molar-refractivity contribution in [3.8, 4) is 0 Å². The maximum atomic E-state index is 12.3. The lowest BCUT2D eigenvalue weighted by Gasteiger charge is -2.34. The first-order valence-electron chi connectivity index (χ1n) is 7.89. The molecular formula is C18H20N2O3. The molecule has 0 saturated carbocycles. The fourth-order valence-electron chi connectivity index (χ4n) is 3.13. The van der Waals surface area contributed by atoms with Crippen LogP contribution in [0.15, 0.2) is 46.6 Å². The molecule has 1 aromatic carbocycles. The van der Waals surface area contributed by atoms with Gasteiger partial charge in [-0.25, -0.2) is 4.99 Å². The van der Waals surface area contributed by atoms with Gasteiger partial charge in [-0.1, -0.05) is 30.3 Å². The number of nitrogens with zero attached hydrogens (tertiary/aromatic N) is 2. The van der Waals surface area contributed by atoms with E-state index < -0.39 is 11.6 Å². The Hall–Kier alpha value is -2.43. The molecule has 0 N–H and O–H groups in total. The summed E-state index contributed by atoms with van der Waals surface area (Å²) in [6.07, 6.45) is 4.02. The van der Waals surface area contributed by atoms with E-state index in [9.17, 15) is 9.59 Å². The molecule has 2 aliphatic rings. The van der Waals surface area contributed by atoms with Crippen molar-refractivity contribution in [2.75, 3.05) is 20.3 Å². The van der Waals surface area contributed by atoms with Crippen LogP contribution in [-0.2, 0) is 9.53 Å². The van der Waals surface area contributed by atoms with Gasteiger partial charge in [0.2, 0.25) is 17.5 Å². The van der Waals surface area contributed by atoms with Crippen molar-refractivity contribution >= 4 is 17.5 Å². The average Bonchev–Trinajstić information content (AvgIpc) is 2.62. The van der Waals surface area contributed by atoms with Gasteiger partial charge in [-0.15, -0.1) is 0 Å². The van der Waals surface area contributed by atoms with Crippen LogP contribution in [0.1, 0.15) is 36.0 Å². The molecule has 120 valence electrons. The van der Waals surface area contributed by atoms with Gasteiger partial charge in [-0.3, -0.25) is 9.59 Å². The monoisotopic (exact) mass is 312 g/mol. The first-order chi connectivity index (χ1) is 11.2. The Balaban J connectivity index is 1.75. The maximum absolute atomic E-state index is 12.3. The lowest BCUT2D eigenvalue weighted by molar-refractivity contribution is -0.115. The number of allylic oxidation sites excluding steroid dienone is 1. The second-order valence-corrected chi connectivity index (χ2v) is 5.76. The highest BCUT2D eigenvalue weighted by molar-refractivity contribution is 6.44. The zero-order valence-electron chi connectivity index (χ0n) is 13.2. The van der Waals surface area contributed by atoms with Crippen molar-refractivity contribution in [1.82, 2.24) is 4.90 Å². The summed E-state index contributed by atoms with van der Waals surface area (Å²) in [6.45, 7) is 0.447. The lowest BCUT2D eigenvalue weighted by Crippen LogP contribution is -2.38. The number of hydrogen-bond acceptors (Lipinski definition) is 5. The Kier molecular flexibility index (Phi) is 4.55. The number of carbonyl (C=O) groups is 2. The van der Waals surface area contributed by atoms with Crippen molar-refractivity contribution in [3.63, 3.8) is 0 Å². The van der Waals surface area contributed by atoms with Crippen molar-refractivity contribution < 1.29 is 14.3 Å². The number of rotatable bonds is 4. The molecule has 0 fully saturated rings. The Bertz CT molecular complexity index is 677. The van der Waals surface area contributed by atoms with Gasteiger partial charge >= 0.3 is 0 Å². The first kappa shape index (κ1) is 15.5. The highest BCUT2D eigenvalue weighted by atomic mass is 16.5. The molecule has 0 saturated heterocycles. The molecule has 0 atom stereocenters. The summed E-state index contributed by atoms with van der Waals surface area (Å²) in [5.74, 6) is -0.160. The maximum Gasteiger partial charge on any atom is 0.230 e. The topological polar surface area (TPSA) is 59.0 Å². The van der Waals surface area contributed by atoms with Crippen LogP contribution in [0.2, 0.25) is 0 Å². The Morgan fingerprint density at radius 3 is 2.65 bits per heavy atom. The molecule has 0 amide bonds. The molecule has 1 aliphatic carbocycles. The minimum Gasteiger partial charge on any atom is -0.481 e. The van der Waals surface area contributed by atoms with Gasteiger partial charge in [0, 0.05) is 16.8 Å². The van der Waals surface area contributed by atoms with E-state index >= 15 is 0 Å². The van der Waals surface area contributed by atoms with E-state index in [4.69, 9.17) is 4.74 Å². The largest absolute Gasteiger partial charge is 0.481 e. The minimum atomic E-state index is -0.440. The highest BCUT2D eigenvalue weighted by Crippen LogP contribution is 2.31. The molecule has 3 rings (SSSR count). The first-order valence-corrected chi connectivity index (χ1v) is 7.89. The molecule has 5 heteroatoms. The standard InChI is InChI=1S/C18H20N2O3/c1-23-18-14-9-5-6-10-15(14)20(12-19-18)11-16(21)17(22)13-7-3-2-4-8-13/h2-4,7-8H,5-6,9-12H2,1H3. The van der Waals surface area contributed by atoms with Crippen LogP contribution in [-0.4, -0.2) is 42.7 Å². The number of benzene rings is 1. The van der Waals surface area contributed by atoms with Gasteiger partial charge in [0.25, 0.3) is 0 Å². The summed E-state index contributed by atoms with van der Waals surface area (Å²) < 4.78 is 5.34. The second-order valence-electron chi connectivity index (χ2n) is 5.76. The summed E-state index contributed by atoms with van der Waals surface area (Å²) in [7, 11) is 1.62. The summed E-state index contributed by atoms with van der Waals surface area (Å²) >= 11 is 0. The van der Waals surface area contributed by atoms with Crippen LogP contribution >= 0.6 is 0 Å². The zero-order chi connectivity index (χ0) is 16.2. The Labute approximate surface area is 135 Å². The van der Waals surface area contributed by atoms with Gasteiger partial charge in [-0.2, -0.15) is 0 Å². The number of carbonyl (C=O) groups excluding carboxylic acids is 2. The SMILES string of the molecule is COC1=NCN(CC(=O)C(=O)c2ccccc2)C2=C1CCCC2. The number of aliphatic imine (C=N–C) groups is 1. The molecular weight excluding hydrogens is 292 g/mol. The molecule has 1 aliphatic heterocycles. The number of Topliss-reactive ketones (excluding diaryl/α,β-unsaturated/α-hetero) is 2. The van der Waals surface area contributed by atoms with Crippen molar-refractivity contribution in [1.29, 1.82) is 0 Å².